The predicted octanol–water partition coefficient (Wildman–Crippen LogP) is 2.22. The maximum Gasteiger partial charge on any atom is 0.191 e. The fourth-order valence-corrected chi connectivity index (χ4v) is 1.93. The number of hydrogen-bond donors (Lipinski definition) is 2. The van der Waals surface area contributed by atoms with Crippen LogP contribution in [0, 0.1) is 0 Å². The Morgan fingerprint density at radius 1 is 1.18 bits per heavy atom. The monoisotopic (exact) mass is 307 g/mol. The number of aliphatic imine (C=N–C) groups is 1. The van der Waals surface area contributed by atoms with Gasteiger partial charge >= 0.3 is 0 Å². The topological polar surface area (TPSA) is 54.9 Å². The van der Waals surface area contributed by atoms with Gasteiger partial charge in [-0.1, -0.05) is 19.1 Å². The molecule has 0 aliphatic rings. The van der Waals surface area contributed by atoms with Crippen molar-refractivity contribution in [1.29, 1.82) is 0 Å². The molecule has 5 heteroatoms. The van der Waals surface area contributed by atoms with Gasteiger partial charge in [-0.2, -0.15) is 0 Å². The van der Waals surface area contributed by atoms with Crippen molar-refractivity contribution in [3.8, 4) is 5.75 Å². The lowest BCUT2D eigenvalue weighted by molar-refractivity contribution is 0.208. The second-order valence-electron chi connectivity index (χ2n) is 4.93. The van der Waals surface area contributed by atoms with Crippen molar-refractivity contribution in [3.05, 3.63) is 29.8 Å². The number of nitrogens with zero attached hydrogens (tertiary/aromatic N) is 1. The van der Waals surface area contributed by atoms with Crippen molar-refractivity contribution in [2.45, 2.75) is 26.7 Å². The Morgan fingerprint density at radius 3 is 2.77 bits per heavy atom. The molecule has 0 aliphatic heterocycles. The van der Waals surface area contributed by atoms with E-state index in [2.05, 4.69) is 41.6 Å². The van der Waals surface area contributed by atoms with E-state index >= 15 is 0 Å². The van der Waals surface area contributed by atoms with E-state index in [0.29, 0.717) is 13.2 Å². The highest BCUT2D eigenvalue weighted by molar-refractivity contribution is 5.79. The molecule has 22 heavy (non-hydrogen) atoms. The number of nitrogens with one attached hydrogen (secondary N) is 2. The Balaban J connectivity index is 2.41. The third-order valence-corrected chi connectivity index (χ3v) is 2.99. The maximum atomic E-state index is 5.66. The molecule has 1 rings (SSSR count). The van der Waals surface area contributed by atoms with Crippen molar-refractivity contribution in [3.63, 3.8) is 0 Å². The second-order valence-corrected chi connectivity index (χ2v) is 4.93. The van der Waals surface area contributed by atoms with Crippen molar-refractivity contribution < 1.29 is 9.47 Å². The summed E-state index contributed by atoms with van der Waals surface area (Å²) in [6.45, 7) is 7.90. The molecule has 0 aromatic heterocycles. The zero-order valence-corrected chi connectivity index (χ0v) is 14.0. The molecule has 1 aromatic rings. The minimum atomic E-state index is 0.632. The lowest BCUT2D eigenvalue weighted by atomic mass is 10.1. The van der Waals surface area contributed by atoms with E-state index in [-0.39, 0.29) is 0 Å². The Bertz CT molecular complexity index is 436. The van der Waals surface area contributed by atoms with Crippen LogP contribution in [0.25, 0.3) is 0 Å². The highest BCUT2D eigenvalue weighted by atomic mass is 16.5. The van der Waals surface area contributed by atoms with Crippen LogP contribution in [0.3, 0.4) is 0 Å². The fraction of sp³-hybridized carbons (Fsp3) is 0.588. The van der Waals surface area contributed by atoms with Crippen molar-refractivity contribution in [2.24, 2.45) is 4.99 Å². The van der Waals surface area contributed by atoms with E-state index in [0.717, 1.165) is 44.2 Å². The molecule has 0 unspecified atom stereocenters. The van der Waals surface area contributed by atoms with Crippen LogP contribution in [0.15, 0.2) is 29.3 Å². The quantitative estimate of drug-likeness (QED) is 0.395. The molecular formula is C17H29N3O2. The SMILES string of the molecule is CCCOc1cccc(CCNC(=NCCOC)NCC)c1. The van der Waals surface area contributed by atoms with Crippen LogP contribution in [0.4, 0.5) is 0 Å². The number of benzene rings is 1. The summed E-state index contributed by atoms with van der Waals surface area (Å²) >= 11 is 0. The summed E-state index contributed by atoms with van der Waals surface area (Å²) in [5, 5.41) is 6.56. The van der Waals surface area contributed by atoms with Gasteiger partial charge in [0.2, 0.25) is 0 Å². The molecule has 0 heterocycles. The molecular weight excluding hydrogens is 278 g/mol. The lowest BCUT2D eigenvalue weighted by Crippen LogP contribution is -2.38. The first-order chi connectivity index (χ1) is 10.8. The molecule has 0 fully saturated rings. The van der Waals surface area contributed by atoms with Crippen LogP contribution in [-0.4, -0.2) is 45.9 Å². The molecule has 2 N–H and O–H groups in total. The van der Waals surface area contributed by atoms with Gasteiger partial charge in [-0.05, 0) is 37.5 Å². The molecule has 0 spiro atoms. The van der Waals surface area contributed by atoms with Crippen molar-refractivity contribution in [1.82, 2.24) is 10.6 Å². The molecule has 0 radical (unpaired) electrons. The van der Waals surface area contributed by atoms with Gasteiger partial charge in [-0.15, -0.1) is 0 Å². The zero-order valence-electron chi connectivity index (χ0n) is 14.0. The Kier molecular flexibility index (Phi) is 9.87. The summed E-state index contributed by atoms with van der Waals surface area (Å²) in [6, 6.07) is 8.27. The number of ether oxygens (including phenoxy) is 2. The average molecular weight is 307 g/mol. The summed E-state index contributed by atoms with van der Waals surface area (Å²) in [6.07, 6.45) is 1.95. The first-order valence-corrected chi connectivity index (χ1v) is 8.03. The van der Waals surface area contributed by atoms with E-state index in [1.165, 1.54) is 5.56 Å². The van der Waals surface area contributed by atoms with E-state index in [9.17, 15) is 0 Å². The van der Waals surface area contributed by atoms with Crippen LogP contribution in [0.1, 0.15) is 25.8 Å². The largest absolute Gasteiger partial charge is 0.494 e. The summed E-state index contributed by atoms with van der Waals surface area (Å²) in [7, 11) is 1.68. The third-order valence-electron chi connectivity index (χ3n) is 2.99. The van der Waals surface area contributed by atoms with Gasteiger partial charge in [-0.25, -0.2) is 0 Å². The van der Waals surface area contributed by atoms with Crippen LogP contribution >= 0.6 is 0 Å². The van der Waals surface area contributed by atoms with Gasteiger partial charge < -0.3 is 20.1 Å². The second kappa shape index (κ2) is 11.9. The molecule has 124 valence electrons. The van der Waals surface area contributed by atoms with Gasteiger partial charge in [-0.3, -0.25) is 4.99 Å². The molecule has 0 amide bonds. The molecule has 0 saturated carbocycles. The predicted molar refractivity (Wildman–Crippen MR) is 91.8 cm³/mol. The first-order valence-electron chi connectivity index (χ1n) is 8.03. The number of rotatable bonds is 10. The van der Waals surface area contributed by atoms with Gasteiger partial charge in [0.25, 0.3) is 0 Å². The highest BCUT2D eigenvalue weighted by Crippen LogP contribution is 2.13. The number of guanidine groups is 1. The molecule has 5 nitrogen and oxygen atoms in total. The first kappa shape index (κ1) is 18.3. The summed E-state index contributed by atoms with van der Waals surface area (Å²) < 4.78 is 10.7. The van der Waals surface area contributed by atoms with E-state index in [4.69, 9.17) is 9.47 Å². The molecule has 1 aromatic carbocycles. The van der Waals surface area contributed by atoms with Gasteiger partial charge in [0.1, 0.15) is 5.75 Å². The van der Waals surface area contributed by atoms with Gasteiger partial charge in [0.05, 0.1) is 19.8 Å². The van der Waals surface area contributed by atoms with E-state index < -0.39 is 0 Å². The van der Waals surface area contributed by atoms with Crippen LogP contribution in [0.2, 0.25) is 0 Å². The maximum absolute atomic E-state index is 5.66. The normalized spacial score (nSPS) is 11.3. The average Bonchev–Trinajstić information content (AvgIpc) is 2.53. The standard InChI is InChI=1S/C17H29N3O2/c1-4-12-22-16-8-6-7-15(14-16)9-10-19-17(18-5-2)20-11-13-21-3/h6-8,14H,4-5,9-13H2,1-3H3,(H2,18,19,20). The molecule has 0 aliphatic carbocycles. The van der Waals surface area contributed by atoms with Gasteiger partial charge in [0.15, 0.2) is 5.96 Å². The summed E-state index contributed by atoms with van der Waals surface area (Å²) in [5.41, 5.74) is 1.26. The third kappa shape index (κ3) is 7.88. The zero-order chi connectivity index (χ0) is 16.0. The summed E-state index contributed by atoms with van der Waals surface area (Å²) in [4.78, 5) is 4.44. The Morgan fingerprint density at radius 2 is 2.05 bits per heavy atom. The van der Waals surface area contributed by atoms with E-state index in [1.807, 2.05) is 12.1 Å². The van der Waals surface area contributed by atoms with Crippen LogP contribution in [-0.2, 0) is 11.2 Å². The van der Waals surface area contributed by atoms with E-state index in [1.54, 1.807) is 7.11 Å². The van der Waals surface area contributed by atoms with Gasteiger partial charge in [0, 0.05) is 20.2 Å². The number of methoxy groups -OCH3 is 1. The van der Waals surface area contributed by atoms with Crippen LogP contribution in [0.5, 0.6) is 5.75 Å². The van der Waals surface area contributed by atoms with Crippen molar-refractivity contribution in [2.75, 3.05) is 40.0 Å². The highest BCUT2D eigenvalue weighted by Gasteiger charge is 1.99. The van der Waals surface area contributed by atoms with Crippen LogP contribution < -0.4 is 15.4 Å². The molecule has 0 bridgehead atoms. The smallest absolute Gasteiger partial charge is 0.191 e. The fourth-order valence-electron chi connectivity index (χ4n) is 1.93. The Hall–Kier alpha value is -1.75. The molecule has 0 atom stereocenters. The minimum Gasteiger partial charge on any atom is -0.494 e. The summed E-state index contributed by atoms with van der Waals surface area (Å²) in [5.74, 6) is 1.78. The van der Waals surface area contributed by atoms with Crippen molar-refractivity contribution >= 4 is 5.96 Å². The minimum absolute atomic E-state index is 0.632. The Labute approximate surface area is 134 Å². The number of hydrogen-bond acceptors (Lipinski definition) is 3. The molecule has 0 saturated heterocycles. The lowest BCUT2D eigenvalue weighted by Gasteiger charge is -2.12.